The molecule has 0 aliphatic heterocycles. The van der Waals surface area contributed by atoms with Crippen molar-refractivity contribution in [1.82, 2.24) is 29.6 Å². The SMILES string of the molecule is CCCNCc1nccn1Cc1ncnn1CCC. The second-order valence-corrected chi connectivity index (χ2v) is 4.55. The van der Waals surface area contributed by atoms with Gasteiger partial charge in [-0.25, -0.2) is 14.6 Å². The molecule has 0 aliphatic carbocycles. The van der Waals surface area contributed by atoms with E-state index in [0.29, 0.717) is 0 Å². The Balaban J connectivity index is 2.02. The average molecular weight is 262 g/mol. The number of hydrogen-bond donors (Lipinski definition) is 1. The van der Waals surface area contributed by atoms with Crippen molar-refractivity contribution in [2.24, 2.45) is 0 Å². The minimum atomic E-state index is 0.725. The van der Waals surface area contributed by atoms with Crippen LogP contribution in [0.3, 0.4) is 0 Å². The van der Waals surface area contributed by atoms with E-state index in [9.17, 15) is 0 Å². The molecule has 0 aliphatic rings. The molecule has 1 N–H and O–H groups in total. The molecule has 0 spiro atoms. The van der Waals surface area contributed by atoms with Crippen molar-refractivity contribution in [3.05, 3.63) is 30.4 Å². The molecule has 2 rings (SSSR count). The molecule has 0 aromatic carbocycles. The van der Waals surface area contributed by atoms with E-state index in [4.69, 9.17) is 0 Å². The monoisotopic (exact) mass is 262 g/mol. The van der Waals surface area contributed by atoms with Gasteiger partial charge in [-0.1, -0.05) is 13.8 Å². The summed E-state index contributed by atoms with van der Waals surface area (Å²) in [6.07, 6.45) is 7.64. The fourth-order valence-corrected chi connectivity index (χ4v) is 1.99. The smallest absolute Gasteiger partial charge is 0.146 e. The van der Waals surface area contributed by atoms with Crippen molar-refractivity contribution in [1.29, 1.82) is 0 Å². The standard InChI is InChI=1S/C13H22N6/c1-3-5-14-9-12-15-6-8-18(12)10-13-16-11-17-19(13)7-4-2/h6,8,11,14H,3-5,7,9-10H2,1-2H3. The van der Waals surface area contributed by atoms with Crippen LogP contribution in [0, 0.1) is 0 Å². The van der Waals surface area contributed by atoms with E-state index in [1.165, 1.54) is 0 Å². The Hall–Kier alpha value is -1.69. The average Bonchev–Trinajstić information content (AvgIpc) is 3.02. The van der Waals surface area contributed by atoms with E-state index >= 15 is 0 Å². The topological polar surface area (TPSA) is 60.6 Å². The lowest BCUT2D eigenvalue weighted by molar-refractivity contribution is 0.541. The summed E-state index contributed by atoms with van der Waals surface area (Å²) < 4.78 is 4.09. The summed E-state index contributed by atoms with van der Waals surface area (Å²) in [6, 6.07) is 0. The van der Waals surface area contributed by atoms with Gasteiger partial charge in [0.25, 0.3) is 0 Å². The number of aryl methyl sites for hydroxylation is 1. The zero-order valence-corrected chi connectivity index (χ0v) is 11.7. The van der Waals surface area contributed by atoms with E-state index in [1.807, 2.05) is 17.1 Å². The molecule has 0 fully saturated rings. The van der Waals surface area contributed by atoms with Crippen LogP contribution in [-0.4, -0.2) is 30.9 Å². The van der Waals surface area contributed by atoms with Crippen molar-refractivity contribution in [2.75, 3.05) is 6.54 Å². The molecule has 0 saturated carbocycles. The van der Waals surface area contributed by atoms with Crippen molar-refractivity contribution in [2.45, 2.75) is 46.3 Å². The zero-order valence-electron chi connectivity index (χ0n) is 11.7. The first-order chi connectivity index (χ1) is 9.35. The van der Waals surface area contributed by atoms with Crippen LogP contribution in [0.25, 0.3) is 0 Å². The molecular weight excluding hydrogens is 240 g/mol. The second kappa shape index (κ2) is 7.04. The molecule has 0 amide bonds. The fraction of sp³-hybridized carbons (Fsp3) is 0.615. The van der Waals surface area contributed by atoms with Gasteiger partial charge in [0.15, 0.2) is 0 Å². The third kappa shape index (κ3) is 3.64. The van der Waals surface area contributed by atoms with Crippen LogP contribution in [0.4, 0.5) is 0 Å². The van der Waals surface area contributed by atoms with Crippen LogP contribution in [0.15, 0.2) is 18.7 Å². The highest BCUT2D eigenvalue weighted by Crippen LogP contribution is 2.04. The van der Waals surface area contributed by atoms with Crippen molar-refractivity contribution in [3.8, 4) is 0 Å². The molecule has 2 aromatic heterocycles. The summed E-state index contributed by atoms with van der Waals surface area (Å²) in [6.45, 7) is 7.74. The summed E-state index contributed by atoms with van der Waals surface area (Å²) in [5, 5.41) is 7.62. The van der Waals surface area contributed by atoms with E-state index in [0.717, 1.165) is 50.7 Å². The molecule has 2 aromatic rings. The van der Waals surface area contributed by atoms with Gasteiger partial charge in [0.05, 0.1) is 13.1 Å². The number of imidazole rings is 1. The lowest BCUT2D eigenvalue weighted by Crippen LogP contribution is -2.19. The zero-order chi connectivity index (χ0) is 13.5. The van der Waals surface area contributed by atoms with Crippen molar-refractivity contribution >= 4 is 0 Å². The van der Waals surface area contributed by atoms with E-state index < -0.39 is 0 Å². The van der Waals surface area contributed by atoms with Gasteiger partial charge < -0.3 is 9.88 Å². The van der Waals surface area contributed by atoms with Crippen LogP contribution in [0.1, 0.15) is 38.3 Å². The maximum absolute atomic E-state index is 4.39. The van der Waals surface area contributed by atoms with Gasteiger partial charge in [-0.05, 0) is 19.4 Å². The fourth-order valence-electron chi connectivity index (χ4n) is 1.99. The summed E-state index contributed by atoms with van der Waals surface area (Å²) >= 11 is 0. The number of hydrogen-bond acceptors (Lipinski definition) is 4. The number of rotatable bonds is 8. The lowest BCUT2D eigenvalue weighted by Gasteiger charge is -2.09. The molecule has 6 heteroatoms. The molecule has 104 valence electrons. The maximum atomic E-state index is 4.39. The van der Waals surface area contributed by atoms with Gasteiger partial charge in [0.2, 0.25) is 0 Å². The minimum absolute atomic E-state index is 0.725. The number of nitrogens with one attached hydrogen (secondary N) is 1. The number of nitrogens with zero attached hydrogens (tertiary/aromatic N) is 5. The third-order valence-electron chi connectivity index (χ3n) is 2.95. The summed E-state index contributed by atoms with van der Waals surface area (Å²) in [5.41, 5.74) is 0. The van der Waals surface area contributed by atoms with Gasteiger partial charge in [-0.3, -0.25) is 0 Å². The highest BCUT2D eigenvalue weighted by atomic mass is 15.3. The molecule has 0 atom stereocenters. The summed E-state index contributed by atoms with van der Waals surface area (Å²) in [4.78, 5) is 8.72. The Morgan fingerprint density at radius 2 is 2.05 bits per heavy atom. The maximum Gasteiger partial charge on any atom is 0.146 e. The van der Waals surface area contributed by atoms with Crippen LogP contribution in [-0.2, 0) is 19.6 Å². The molecule has 19 heavy (non-hydrogen) atoms. The molecule has 6 nitrogen and oxygen atoms in total. The van der Waals surface area contributed by atoms with Crippen LogP contribution in [0.2, 0.25) is 0 Å². The van der Waals surface area contributed by atoms with Gasteiger partial charge in [-0.2, -0.15) is 5.10 Å². The molecule has 2 heterocycles. The quantitative estimate of drug-likeness (QED) is 0.731. The molecular formula is C13H22N6. The second-order valence-electron chi connectivity index (χ2n) is 4.55. The van der Waals surface area contributed by atoms with Gasteiger partial charge in [0.1, 0.15) is 18.0 Å². The highest BCUT2D eigenvalue weighted by molar-refractivity contribution is 4.97. The Kier molecular flexibility index (Phi) is 5.09. The molecule has 0 saturated heterocycles. The largest absolute Gasteiger partial charge is 0.326 e. The Bertz CT molecular complexity index is 487. The first kappa shape index (κ1) is 13.7. The molecule has 0 unspecified atom stereocenters. The van der Waals surface area contributed by atoms with E-state index in [2.05, 4.69) is 38.8 Å². The Morgan fingerprint density at radius 3 is 2.84 bits per heavy atom. The Morgan fingerprint density at radius 1 is 1.16 bits per heavy atom. The van der Waals surface area contributed by atoms with E-state index in [1.54, 1.807) is 6.33 Å². The molecule has 0 radical (unpaired) electrons. The van der Waals surface area contributed by atoms with E-state index in [-0.39, 0.29) is 0 Å². The van der Waals surface area contributed by atoms with Crippen molar-refractivity contribution in [3.63, 3.8) is 0 Å². The van der Waals surface area contributed by atoms with Crippen molar-refractivity contribution < 1.29 is 0 Å². The first-order valence-corrected chi connectivity index (χ1v) is 6.92. The Labute approximate surface area is 113 Å². The van der Waals surface area contributed by atoms with Crippen LogP contribution < -0.4 is 5.32 Å². The normalized spacial score (nSPS) is 11.1. The predicted octanol–water partition coefficient (Wildman–Crippen LogP) is 1.43. The number of aromatic nitrogens is 5. The summed E-state index contributed by atoms with van der Waals surface area (Å²) in [5.74, 6) is 2.02. The minimum Gasteiger partial charge on any atom is -0.326 e. The molecule has 0 bridgehead atoms. The predicted molar refractivity (Wildman–Crippen MR) is 73.6 cm³/mol. The van der Waals surface area contributed by atoms with Gasteiger partial charge in [-0.15, -0.1) is 0 Å². The summed E-state index contributed by atoms with van der Waals surface area (Å²) in [7, 11) is 0. The van der Waals surface area contributed by atoms with Crippen LogP contribution >= 0.6 is 0 Å². The first-order valence-electron chi connectivity index (χ1n) is 6.92. The van der Waals surface area contributed by atoms with Gasteiger partial charge >= 0.3 is 0 Å². The van der Waals surface area contributed by atoms with Crippen LogP contribution in [0.5, 0.6) is 0 Å². The lowest BCUT2D eigenvalue weighted by atomic mass is 10.4. The highest BCUT2D eigenvalue weighted by Gasteiger charge is 2.08. The van der Waals surface area contributed by atoms with Gasteiger partial charge in [0, 0.05) is 18.9 Å². The third-order valence-corrected chi connectivity index (χ3v) is 2.95.